The Morgan fingerprint density at radius 1 is 0.446 bits per heavy atom. The van der Waals surface area contributed by atoms with Crippen molar-refractivity contribution in [2.24, 2.45) is 0 Å². The highest BCUT2D eigenvalue weighted by Gasteiger charge is 2.34. The number of unbranched alkanes of at least 4 members (excludes halogenated alkanes) is 30. The van der Waals surface area contributed by atoms with E-state index in [1.54, 1.807) is 12.1 Å². The van der Waals surface area contributed by atoms with Gasteiger partial charge < -0.3 is 51.2 Å². The molecule has 472 valence electrons. The number of likely N-dealkylation sites (tertiary alicyclic amines) is 1. The van der Waals surface area contributed by atoms with Gasteiger partial charge >= 0.3 is 5.97 Å². The first kappa shape index (κ1) is 73.5. The Morgan fingerprint density at radius 3 is 1.25 bits per heavy atom. The molecule has 1 saturated heterocycles. The molecule has 8 amide bonds. The highest BCUT2D eigenvalue weighted by molar-refractivity contribution is 5.94. The number of carbonyl (C=O) groups is 9. The van der Waals surface area contributed by atoms with Gasteiger partial charge in [0.1, 0.15) is 32.4 Å². The molecule has 1 aliphatic heterocycles. The summed E-state index contributed by atoms with van der Waals surface area (Å²) >= 11 is 0. The number of hydrogen-bond acceptors (Lipinski definition) is 11. The summed E-state index contributed by atoms with van der Waals surface area (Å²) in [6.07, 6.45) is 41.9. The van der Waals surface area contributed by atoms with E-state index < -0.39 is 92.7 Å². The molecule has 2 rings (SSSR count). The molecule has 19 nitrogen and oxygen atoms in total. The summed E-state index contributed by atoms with van der Waals surface area (Å²) in [5.41, 5.74) is 0.793. The van der Waals surface area contributed by atoms with Gasteiger partial charge in [-0.1, -0.05) is 237 Å². The van der Waals surface area contributed by atoms with Crippen LogP contribution in [-0.4, -0.2) is 141 Å². The van der Waals surface area contributed by atoms with Crippen LogP contribution in [0, 0.1) is 0 Å². The minimum atomic E-state index is -0.866. The topological polar surface area (TPSA) is 251 Å². The number of nitrogens with one attached hydrogen (secondary N) is 6. The summed E-state index contributed by atoms with van der Waals surface area (Å²) in [7, 11) is 0. The Kier molecular flexibility index (Phi) is 45.1. The van der Waals surface area contributed by atoms with E-state index in [4.69, 9.17) is 9.47 Å². The van der Waals surface area contributed by atoms with Crippen molar-refractivity contribution in [2.75, 3.05) is 72.1 Å². The van der Waals surface area contributed by atoms with Crippen LogP contribution < -0.4 is 31.9 Å². The predicted molar refractivity (Wildman–Crippen MR) is 326 cm³/mol. The lowest BCUT2D eigenvalue weighted by Crippen LogP contribution is -2.51. The highest BCUT2D eigenvalue weighted by Crippen LogP contribution is 2.19. The molecule has 83 heavy (non-hydrogen) atoms. The zero-order chi connectivity index (χ0) is 60.2. The second-order valence-electron chi connectivity index (χ2n) is 22.5. The Bertz CT molecular complexity index is 1910. The van der Waals surface area contributed by atoms with Gasteiger partial charge in [0.2, 0.25) is 47.3 Å². The third-order valence-electron chi connectivity index (χ3n) is 15.1. The number of carbonyl (C=O) groups excluding carboxylic acids is 9. The van der Waals surface area contributed by atoms with Gasteiger partial charge in [-0.2, -0.15) is 0 Å². The van der Waals surface area contributed by atoms with Crippen molar-refractivity contribution >= 4 is 53.2 Å². The Labute approximate surface area is 498 Å². The van der Waals surface area contributed by atoms with Crippen LogP contribution in [0.15, 0.2) is 30.3 Å². The molecule has 19 heteroatoms. The SMILES string of the molecule is CCCCCCCCCCCCCCCCCCN(CCCCCCCCCCCCCCCCCC)C(=O)COCC(=O)NCC(=O)NCC(=O)NCC(=O)NCC(=O)N1CCC[C@H]1C(=O)NCC(=O)NCC(=O)OCc1ccccc1. The number of amides is 8. The molecule has 1 atom stereocenters. The van der Waals surface area contributed by atoms with Gasteiger partial charge in [0.15, 0.2) is 0 Å². The smallest absolute Gasteiger partial charge is 0.325 e. The number of ether oxygens (including phenoxy) is 2. The maximum Gasteiger partial charge on any atom is 0.325 e. The first-order chi connectivity index (χ1) is 40.4. The molecule has 1 aliphatic rings. The quantitative estimate of drug-likeness (QED) is 0.0266. The molecule has 0 saturated carbocycles. The van der Waals surface area contributed by atoms with Gasteiger partial charge in [-0.05, 0) is 31.2 Å². The zero-order valence-electron chi connectivity index (χ0n) is 51.4. The first-order valence-electron chi connectivity index (χ1n) is 32.4. The molecule has 0 aromatic heterocycles. The van der Waals surface area contributed by atoms with Crippen LogP contribution in [0.2, 0.25) is 0 Å². The molecule has 1 heterocycles. The molecule has 1 aromatic rings. The average molecular weight is 1170 g/mol. The van der Waals surface area contributed by atoms with Crippen molar-refractivity contribution in [3.63, 3.8) is 0 Å². The lowest BCUT2D eigenvalue weighted by molar-refractivity contribution is -0.145. The number of nitrogens with zero attached hydrogens (tertiary/aromatic N) is 2. The summed E-state index contributed by atoms with van der Waals surface area (Å²) in [4.78, 5) is 116. The number of benzene rings is 1. The van der Waals surface area contributed by atoms with Gasteiger partial charge in [0, 0.05) is 19.6 Å². The highest BCUT2D eigenvalue weighted by atomic mass is 16.5. The summed E-state index contributed by atoms with van der Waals surface area (Å²) < 4.78 is 10.6. The van der Waals surface area contributed by atoms with Crippen LogP contribution in [0.5, 0.6) is 0 Å². The standard InChI is InChI=1S/C64H110N8O11/c1-3-5-7-9-11-13-15-17-19-21-23-25-27-29-31-36-42-71(43-37-32-30-28-26-24-22-20-18-16-14-12-10-8-6-4-2)62(79)53-82-52-60(77)67-47-57(74)65-45-56(73)66-46-58(75)68-49-61(78)72-44-38-41-55(72)64(81)70-48-59(76)69-50-63(80)83-51-54-39-34-33-35-40-54/h33-35,39-40,55H,3-32,36-38,41-53H2,1-2H3,(H,65,74)(H,66,73)(H,67,77)(H,68,75)(H,69,76)(H,70,81)/t55-/m0/s1. The van der Waals surface area contributed by atoms with Crippen LogP contribution >= 0.6 is 0 Å². The fraction of sp³-hybridized carbons (Fsp3) is 0.766. The minimum absolute atomic E-state index is 0.0542. The van der Waals surface area contributed by atoms with E-state index in [2.05, 4.69) is 45.7 Å². The largest absolute Gasteiger partial charge is 0.460 e. The van der Waals surface area contributed by atoms with Crippen molar-refractivity contribution < 1.29 is 52.6 Å². The van der Waals surface area contributed by atoms with Gasteiger partial charge in [-0.3, -0.25) is 43.2 Å². The van der Waals surface area contributed by atoms with Crippen molar-refractivity contribution in [3.05, 3.63) is 35.9 Å². The van der Waals surface area contributed by atoms with E-state index in [-0.39, 0.29) is 32.2 Å². The summed E-state index contributed by atoms with van der Waals surface area (Å²) in [5.74, 6) is -5.15. The molecular formula is C64H110N8O11. The van der Waals surface area contributed by atoms with E-state index in [0.717, 1.165) is 44.1 Å². The predicted octanol–water partition coefficient (Wildman–Crippen LogP) is 8.79. The molecule has 0 spiro atoms. The Balaban J connectivity index is 1.61. The van der Waals surface area contributed by atoms with Gasteiger partial charge in [0.05, 0.1) is 32.7 Å². The van der Waals surface area contributed by atoms with Crippen molar-refractivity contribution in [3.8, 4) is 0 Å². The molecule has 0 bridgehead atoms. The van der Waals surface area contributed by atoms with Crippen molar-refractivity contribution in [1.82, 2.24) is 41.7 Å². The second kappa shape index (κ2) is 50.9. The monoisotopic (exact) mass is 1170 g/mol. The fourth-order valence-corrected chi connectivity index (χ4v) is 10.1. The van der Waals surface area contributed by atoms with Crippen LogP contribution in [0.25, 0.3) is 0 Å². The molecule has 0 radical (unpaired) electrons. The molecule has 1 fully saturated rings. The fourth-order valence-electron chi connectivity index (χ4n) is 10.1. The van der Waals surface area contributed by atoms with Gasteiger partial charge in [0.25, 0.3) is 0 Å². The van der Waals surface area contributed by atoms with E-state index in [1.807, 2.05) is 23.1 Å². The van der Waals surface area contributed by atoms with Gasteiger partial charge in [-0.15, -0.1) is 0 Å². The lowest BCUT2D eigenvalue weighted by atomic mass is 10.0. The van der Waals surface area contributed by atoms with E-state index >= 15 is 0 Å². The molecular weight excluding hydrogens is 1060 g/mol. The first-order valence-corrected chi connectivity index (χ1v) is 32.4. The van der Waals surface area contributed by atoms with Crippen molar-refractivity contribution in [1.29, 1.82) is 0 Å². The van der Waals surface area contributed by atoms with Crippen LogP contribution in [0.1, 0.15) is 238 Å². The lowest BCUT2D eigenvalue weighted by Gasteiger charge is -2.24. The van der Waals surface area contributed by atoms with Crippen LogP contribution in [0.4, 0.5) is 0 Å². The summed E-state index contributed by atoms with van der Waals surface area (Å²) in [6.45, 7) is 2.83. The van der Waals surface area contributed by atoms with Gasteiger partial charge in [-0.25, -0.2) is 0 Å². The summed E-state index contributed by atoms with van der Waals surface area (Å²) in [6, 6.07) is 8.18. The normalized spacial score (nSPS) is 12.8. The summed E-state index contributed by atoms with van der Waals surface area (Å²) in [5, 5.41) is 14.4. The molecule has 0 unspecified atom stereocenters. The van der Waals surface area contributed by atoms with E-state index in [0.29, 0.717) is 25.9 Å². The molecule has 6 N–H and O–H groups in total. The van der Waals surface area contributed by atoms with E-state index in [1.165, 1.54) is 172 Å². The minimum Gasteiger partial charge on any atom is -0.460 e. The maximum atomic E-state index is 13.4. The van der Waals surface area contributed by atoms with E-state index in [9.17, 15) is 43.2 Å². The third kappa shape index (κ3) is 41.1. The number of hydrogen-bond donors (Lipinski definition) is 6. The molecule has 0 aliphatic carbocycles. The van der Waals surface area contributed by atoms with Crippen molar-refractivity contribution in [2.45, 2.75) is 245 Å². The second-order valence-corrected chi connectivity index (χ2v) is 22.5. The number of rotatable bonds is 53. The third-order valence-corrected chi connectivity index (χ3v) is 15.1. The van der Waals surface area contributed by atoms with Crippen LogP contribution in [-0.2, 0) is 59.2 Å². The zero-order valence-corrected chi connectivity index (χ0v) is 51.4. The maximum absolute atomic E-state index is 13.4. The Hall–Kier alpha value is -5.59. The average Bonchev–Trinajstić information content (AvgIpc) is 4.03. The Morgan fingerprint density at radius 2 is 0.819 bits per heavy atom. The number of esters is 1. The van der Waals surface area contributed by atoms with Crippen LogP contribution in [0.3, 0.4) is 0 Å². The molecule has 1 aromatic carbocycles.